The van der Waals surface area contributed by atoms with E-state index in [0.717, 1.165) is 19.2 Å². The fourth-order valence-electron chi connectivity index (χ4n) is 2.18. The minimum absolute atomic E-state index is 0.245. The van der Waals surface area contributed by atoms with Gasteiger partial charge in [0.2, 0.25) is 0 Å². The van der Waals surface area contributed by atoms with Gasteiger partial charge in [0.05, 0.1) is 22.2 Å². The highest BCUT2D eigenvalue weighted by atomic mass is 19.1. The van der Waals surface area contributed by atoms with Crippen molar-refractivity contribution in [3.05, 3.63) is 40.2 Å². The summed E-state index contributed by atoms with van der Waals surface area (Å²) in [6, 6.07) is 2.48. The van der Waals surface area contributed by atoms with Gasteiger partial charge in [-0.05, 0) is 13.1 Å². The van der Waals surface area contributed by atoms with E-state index >= 15 is 0 Å². The molecule has 1 aromatic carbocycles. The van der Waals surface area contributed by atoms with Crippen LogP contribution < -0.4 is 4.90 Å². The van der Waals surface area contributed by atoms with Crippen molar-refractivity contribution in [1.82, 2.24) is 4.90 Å². The zero-order chi connectivity index (χ0) is 14.0. The van der Waals surface area contributed by atoms with Crippen LogP contribution in [0.1, 0.15) is 5.56 Å². The maximum atomic E-state index is 14.0. The first-order valence-electron chi connectivity index (χ1n) is 6.07. The molecule has 1 aliphatic rings. The van der Waals surface area contributed by atoms with Crippen molar-refractivity contribution in [2.24, 2.45) is 0 Å². The SMILES string of the molecule is C=Cc1cc(N2CCN(C)CC2)c(F)cc1[N+](=O)[O-]. The number of nitrogens with zero attached hydrogens (tertiary/aromatic N) is 3. The van der Waals surface area contributed by atoms with Gasteiger partial charge in [0.1, 0.15) is 0 Å². The van der Waals surface area contributed by atoms with Crippen LogP contribution in [0.25, 0.3) is 6.08 Å². The molecule has 0 N–H and O–H groups in total. The fraction of sp³-hybridized carbons (Fsp3) is 0.385. The van der Waals surface area contributed by atoms with Gasteiger partial charge in [0.15, 0.2) is 5.82 Å². The van der Waals surface area contributed by atoms with Crippen LogP contribution in [0.4, 0.5) is 15.8 Å². The van der Waals surface area contributed by atoms with Crippen molar-refractivity contribution in [1.29, 1.82) is 0 Å². The molecule has 0 saturated carbocycles. The molecule has 0 aliphatic carbocycles. The van der Waals surface area contributed by atoms with Crippen LogP contribution in [0.5, 0.6) is 0 Å². The van der Waals surface area contributed by atoms with Gasteiger partial charge in [-0.15, -0.1) is 0 Å². The van der Waals surface area contributed by atoms with Crippen LogP contribution in [0.15, 0.2) is 18.7 Å². The van der Waals surface area contributed by atoms with E-state index in [1.54, 1.807) is 0 Å². The third-order valence-corrected chi connectivity index (χ3v) is 3.36. The number of rotatable bonds is 3. The Morgan fingerprint density at radius 2 is 2.00 bits per heavy atom. The van der Waals surface area contributed by atoms with Crippen LogP contribution >= 0.6 is 0 Å². The molecule has 1 saturated heterocycles. The lowest BCUT2D eigenvalue weighted by Gasteiger charge is -2.34. The Labute approximate surface area is 111 Å². The van der Waals surface area contributed by atoms with Gasteiger partial charge in [0, 0.05) is 26.2 Å². The Kier molecular flexibility index (Phi) is 3.80. The lowest BCUT2D eigenvalue weighted by molar-refractivity contribution is -0.385. The van der Waals surface area contributed by atoms with Crippen molar-refractivity contribution >= 4 is 17.5 Å². The van der Waals surface area contributed by atoms with Gasteiger partial charge >= 0.3 is 0 Å². The summed E-state index contributed by atoms with van der Waals surface area (Å²) >= 11 is 0. The first kappa shape index (κ1) is 13.5. The largest absolute Gasteiger partial charge is 0.367 e. The molecule has 19 heavy (non-hydrogen) atoms. The number of benzene rings is 1. The number of hydrogen-bond donors (Lipinski definition) is 0. The number of nitro benzene ring substituents is 1. The zero-order valence-electron chi connectivity index (χ0n) is 10.8. The summed E-state index contributed by atoms with van der Waals surface area (Å²) in [5, 5.41) is 10.8. The number of likely N-dealkylation sites (N-methyl/N-ethyl adjacent to an activating group) is 1. The summed E-state index contributed by atoms with van der Waals surface area (Å²) in [5.41, 5.74) is 0.513. The molecule has 1 heterocycles. The molecule has 2 rings (SSSR count). The van der Waals surface area contributed by atoms with Crippen molar-refractivity contribution in [3.8, 4) is 0 Å². The van der Waals surface area contributed by atoms with Crippen molar-refractivity contribution in [2.75, 3.05) is 38.1 Å². The smallest absolute Gasteiger partial charge is 0.279 e. The van der Waals surface area contributed by atoms with E-state index in [1.165, 1.54) is 12.1 Å². The predicted molar refractivity (Wildman–Crippen MR) is 72.9 cm³/mol. The second-order valence-electron chi connectivity index (χ2n) is 4.61. The maximum Gasteiger partial charge on any atom is 0.279 e. The first-order valence-corrected chi connectivity index (χ1v) is 6.07. The number of hydrogen-bond acceptors (Lipinski definition) is 4. The van der Waals surface area contributed by atoms with Gasteiger partial charge < -0.3 is 9.80 Å². The molecule has 0 aromatic heterocycles. The normalized spacial score (nSPS) is 16.4. The molecule has 0 bridgehead atoms. The molecule has 0 unspecified atom stereocenters. The highest BCUT2D eigenvalue weighted by Gasteiger charge is 2.22. The summed E-state index contributed by atoms with van der Waals surface area (Å²) in [7, 11) is 2.01. The van der Waals surface area contributed by atoms with Crippen LogP contribution in [0, 0.1) is 15.9 Å². The number of piperazine rings is 1. The van der Waals surface area contributed by atoms with E-state index in [9.17, 15) is 14.5 Å². The molecule has 0 radical (unpaired) electrons. The highest BCUT2D eigenvalue weighted by Crippen LogP contribution is 2.29. The Balaban J connectivity index is 2.36. The van der Waals surface area contributed by atoms with E-state index in [1.807, 2.05) is 11.9 Å². The third kappa shape index (κ3) is 2.73. The van der Waals surface area contributed by atoms with Crippen LogP contribution in [-0.4, -0.2) is 43.0 Å². The molecular formula is C13H16FN3O2. The molecular weight excluding hydrogens is 249 g/mol. The van der Waals surface area contributed by atoms with Gasteiger partial charge in [-0.25, -0.2) is 4.39 Å². The lowest BCUT2D eigenvalue weighted by atomic mass is 10.1. The summed E-state index contributed by atoms with van der Waals surface area (Å²) < 4.78 is 14.0. The van der Waals surface area contributed by atoms with Crippen molar-refractivity contribution in [3.63, 3.8) is 0 Å². The summed E-state index contributed by atoms with van der Waals surface area (Å²) in [4.78, 5) is 14.3. The Hall–Kier alpha value is -1.95. The first-order chi connectivity index (χ1) is 9.02. The summed E-state index contributed by atoms with van der Waals surface area (Å²) in [5.74, 6) is -0.554. The molecule has 1 fully saturated rings. The van der Waals surface area contributed by atoms with Crippen LogP contribution in [-0.2, 0) is 0 Å². The van der Waals surface area contributed by atoms with Gasteiger partial charge in [-0.3, -0.25) is 10.1 Å². The van der Waals surface area contributed by atoms with E-state index in [4.69, 9.17) is 0 Å². The van der Waals surface area contributed by atoms with Gasteiger partial charge in [-0.1, -0.05) is 12.7 Å². The summed E-state index contributed by atoms with van der Waals surface area (Å²) in [6.07, 6.45) is 1.39. The Morgan fingerprint density at radius 1 is 1.37 bits per heavy atom. The van der Waals surface area contributed by atoms with E-state index in [-0.39, 0.29) is 5.69 Å². The van der Waals surface area contributed by atoms with Crippen LogP contribution in [0.2, 0.25) is 0 Å². The molecule has 102 valence electrons. The van der Waals surface area contributed by atoms with Crippen LogP contribution in [0.3, 0.4) is 0 Å². The summed E-state index contributed by atoms with van der Waals surface area (Å²) in [6.45, 7) is 6.66. The molecule has 1 aromatic rings. The van der Waals surface area contributed by atoms with E-state index in [2.05, 4.69) is 11.5 Å². The topological polar surface area (TPSA) is 49.6 Å². The van der Waals surface area contributed by atoms with Gasteiger partial charge in [0.25, 0.3) is 5.69 Å². The maximum absolute atomic E-state index is 14.0. The second kappa shape index (κ2) is 5.36. The highest BCUT2D eigenvalue weighted by molar-refractivity contribution is 5.67. The Bertz CT molecular complexity index is 511. The van der Waals surface area contributed by atoms with E-state index in [0.29, 0.717) is 24.3 Å². The molecule has 0 spiro atoms. The average molecular weight is 265 g/mol. The lowest BCUT2D eigenvalue weighted by Crippen LogP contribution is -2.44. The number of nitro groups is 1. The monoisotopic (exact) mass is 265 g/mol. The second-order valence-corrected chi connectivity index (χ2v) is 4.61. The zero-order valence-corrected chi connectivity index (χ0v) is 10.8. The van der Waals surface area contributed by atoms with Crippen molar-refractivity contribution in [2.45, 2.75) is 0 Å². The minimum Gasteiger partial charge on any atom is -0.367 e. The average Bonchev–Trinajstić information content (AvgIpc) is 2.39. The van der Waals surface area contributed by atoms with Crippen molar-refractivity contribution < 1.29 is 9.31 Å². The third-order valence-electron chi connectivity index (χ3n) is 3.36. The molecule has 6 heteroatoms. The van der Waals surface area contributed by atoms with Gasteiger partial charge in [-0.2, -0.15) is 0 Å². The molecule has 0 amide bonds. The quantitative estimate of drug-likeness (QED) is 0.620. The molecule has 1 aliphatic heterocycles. The molecule has 0 atom stereocenters. The fourth-order valence-corrected chi connectivity index (χ4v) is 2.18. The standard InChI is InChI=1S/C13H16FN3O2/c1-3-10-8-13(11(14)9-12(10)17(18)19)16-6-4-15(2)5-7-16/h3,8-9H,1,4-7H2,2H3. The number of halogens is 1. The minimum atomic E-state index is -0.589. The number of anilines is 1. The molecule has 5 nitrogen and oxygen atoms in total. The Morgan fingerprint density at radius 3 is 2.53 bits per heavy atom. The predicted octanol–water partition coefficient (Wildman–Crippen LogP) is 2.13. The van der Waals surface area contributed by atoms with E-state index < -0.39 is 10.7 Å².